The van der Waals surface area contributed by atoms with Crippen molar-refractivity contribution in [3.8, 4) is 11.5 Å². The van der Waals surface area contributed by atoms with Crippen molar-refractivity contribution in [1.29, 1.82) is 0 Å². The van der Waals surface area contributed by atoms with Crippen molar-refractivity contribution >= 4 is 38.0 Å². The summed E-state index contributed by atoms with van der Waals surface area (Å²) < 4.78 is 30.1. The molecule has 1 aromatic heterocycles. The Bertz CT molecular complexity index is 818. The van der Waals surface area contributed by atoms with Crippen molar-refractivity contribution in [2.45, 2.75) is 0 Å². The van der Waals surface area contributed by atoms with Gasteiger partial charge in [-0.05, 0) is 24.3 Å². The number of carbonyl (C=O) groups excluding carboxylic acids is 1. The van der Waals surface area contributed by atoms with E-state index in [0.29, 0.717) is 5.56 Å². The van der Waals surface area contributed by atoms with Crippen molar-refractivity contribution < 1.29 is 17.6 Å². The van der Waals surface area contributed by atoms with Gasteiger partial charge in [0.1, 0.15) is 0 Å². The largest absolute Gasteiger partial charge is 0.403 e. The molecule has 1 fully saturated rings. The van der Waals surface area contributed by atoms with Gasteiger partial charge in [-0.1, -0.05) is 21.0 Å². The van der Waals surface area contributed by atoms with Crippen molar-refractivity contribution in [3.05, 3.63) is 28.7 Å². The highest BCUT2D eigenvalue weighted by molar-refractivity contribution is 9.10. The van der Waals surface area contributed by atoms with Gasteiger partial charge in [0.25, 0.3) is 0 Å². The Kier molecular flexibility index (Phi) is 3.65. The molecule has 3 rings (SSSR count). The van der Waals surface area contributed by atoms with Crippen molar-refractivity contribution in [2.24, 2.45) is 0 Å². The molecular formula is C12H11BrN4O4S. The van der Waals surface area contributed by atoms with Gasteiger partial charge in [0, 0.05) is 10.0 Å². The SMILES string of the molecule is CS(=O)(=O)N1CCN(c2nnc(-c3ccc(Br)cc3)o2)C1=O. The summed E-state index contributed by atoms with van der Waals surface area (Å²) >= 11 is 3.33. The summed E-state index contributed by atoms with van der Waals surface area (Å²) in [5.74, 6) is 0.258. The summed E-state index contributed by atoms with van der Waals surface area (Å²) in [5, 5.41) is 7.71. The van der Waals surface area contributed by atoms with Crippen LogP contribution in [-0.4, -0.2) is 48.3 Å². The second-order valence-electron chi connectivity index (χ2n) is 4.67. The number of halogens is 1. The molecule has 2 aromatic rings. The minimum atomic E-state index is -3.60. The van der Waals surface area contributed by atoms with Crippen LogP contribution in [0.25, 0.3) is 11.5 Å². The first kappa shape index (κ1) is 15.0. The summed E-state index contributed by atoms with van der Waals surface area (Å²) in [6.07, 6.45) is 0.982. The predicted octanol–water partition coefficient (Wildman–Crippen LogP) is 1.70. The maximum absolute atomic E-state index is 12.1. The number of carbonyl (C=O) groups is 1. The van der Waals surface area contributed by atoms with Crippen molar-refractivity contribution in [3.63, 3.8) is 0 Å². The number of sulfonamides is 1. The highest BCUT2D eigenvalue weighted by atomic mass is 79.9. The van der Waals surface area contributed by atoms with Gasteiger partial charge in [-0.2, -0.15) is 0 Å². The fourth-order valence-corrected chi connectivity index (χ4v) is 3.10. The molecule has 0 bridgehead atoms. The second kappa shape index (κ2) is 5.36. The van der Waals surface area contributed by atoms with Crippen LogP contribution in [0.15, 0.2) is 33.2 Å². The first-order valence-corrected chi connectivity index (χ1v) is 8.89. The fraction of sp³-hybridized carbons (Fsp3) is 0.250. The number of hydrogen-bond acceptors (Lipinski definition) is 6. The molecule has 1 saturated heterocycles. The lowest BCUT2D eigenvalue weighted by Gasteiger charge is -2.13. The van der Waals surface area contributed by atoms with E-state index in [9.17, 15) is 13.2 Å². The highest BCUT2D eigenvalue weighted by Gasteiger charge is 2.38. The summed E-state index contributed by atoms with van der Waals surface area (Å²) in [6.45, 7) is 0.238. The van der Waals surface area contributed by atoms with Gasteiger partial charge in [0.15, 0.2) is 0 Å². The standard InChI is InChI=1S/C12H11BrN4O4S/c1-22(19,20)17-7-6-16(12(17)18)11-15-14-10(21-11)8-2-4-9(13)5-3-8/h2-5H,6-7H2,1H3. The zero-order valence-electron chi connectivity index (χ0n) is 11.4. The zero-order valence-corrected chi connectivity index (χ0v) is 13.8. The van der Waals surface area contributed by atoms with Gasteiger partial charge in [0.2, 0.25) is 15.9 Å². The average Bonchev–Trinajstić information content (AvgIpc) is 3.05. The number of anilines is 1. The van der Waals surface area contributed by atoms with Gasteiger partial charge in [-0.25, -0.2) is 22.4 Å². The van der Waals surface area contributed by atoms with Crippen LogP contribution in [0, 0.1) is 0 Å². The smallest absolute Gasteiger partial charge is 0.341 e. The summed E-state index contributed by atoms with van der Waals surface area (Å²) in [6, 6.07) is 6.52. The topological polar surface area (TPSA) is 96.6 Å². The molecule has 22 heavy (non-hydrogen) atoms. The lowest BCUT2D eigenvalue weighted by atomic mass is 10.2. The van der Waals surface area contributed by atoms with Crippen molar-refractivity contribution in [1.82, 2.24) is 14.5 Å². The Morgan fingerprint density at radius 1 is 1.18 bits per heavy atom. The third-order valence-electron chi connectivity index (χ3n) is 3.11. The van der Waals surface area contributed by atoms with E-state index < -0.39 is 16.1 Å². The molecule has 1 aliphatic rings. The van der Waals surface area contributed by atoms with E-state index >= 15 is 0 Å². The fourth-order valence-electron chi connectivity index (χ4n) is 2.04. The van der Waals surface area contributed by atoms with Crippen molar-refractivity contribution in [2.75, 3.05) is 24.2 Å². The van der Waals surface area contributed by atoms with Crippen LogP contribution in [0.1, 0.15) is 0 Å². The van der Waals surface area contributed by atoms with E-state index in [4.69, 9.17) is 4.42 Å². The Morgan fingerprint density at radius 3 is 2.45 bits per heavy atom. The van der Waals surface area contributed by atoms with E-state index in [0.717, 1.165) is 19.9 Å². The van der Waals surface area contributed by atoms with Crippen LogP contribution in [0.2, 0.25) is 0 Å². The first-order chi connectivity index (χ1) is 10.4. The number of benzene rings is 1. The molecule has 0 saturated carbocycles. The van der Waals surface area contributed by atoms with Gasteiger partial charge in [0.05, 0.1) is 19.3 Å². The van der Waals surface area contributed by atoms with Gasteiger partial charge in [-0.15, -0.1) is 5.10 Å². The molecular weight excluding hydrogens is 376 g/mol. The second-order valence-corrected chi connectivity index (χ2v) is 7.49. The molecule has 2 amide bonds. The molecule has 1 aromatic carbocycles. The summed E-state index contributed by atoms with van der Waals surface area (Å²) in [5.41, 5.74) is 0.702. The van der Waals surface area contributed by atoms with E-state index in [2.05, 4.69) is 26.1 Å². The van der Waals surface area contributed by atoms with E-state index in [1.54, 1.807) is 12.1 Å². The minimum absolute atomic E-state index is 0.0194. The molecule has 0 radical (unpaired) electrons. The number of amides is 2. The third kappa shape index (κ3) is 2.71. The van der Waals surface area contributed by atoms with Crippen LogP contribution < -0.4 is 4.90 Å². The average molecular weight is 387 g/mol. The Labute approximate surface area is 134 Å². The normalized spacial score (nSPS) is 15.6. The number of aromatic nitrogens is 2. The van der Waals surface area contributed by atoms with Crippen LogP contribution in [0.4, 0.5) is 10.8 Å². The molecule has 0 N–H and O–H groups in total. The number of nitrogens with zero attached hydrogens (tertiary/aromatic N) is 4. The molecule has 116 valence electrons. The van der Waals surface area contributed by atoms with Crippen LogP contribution >= 0.6 is 15.9 Å². The first-order valence-electron chi connectivity index (χ1n) is 6.25. The summed E-state index contributed by atoms with van der Waals surface area (Å²) in [7, 11) is -3.60. The Hall–Kier alpha value is -1.94. The van der Waals surface area contributed by atoms with Crippen LogP contribution in [0.5, 0.6) is 0 Å². The van der Waals surface area contributed by atoms with E-state index in [1.165, 1.54) is 0 Å². The monoisotopic (exact) mass is 386 g/mol. The Balaban J connectivity index is 1.86. The highest BCUT2D eigenvalue weighted by Crippen LogP contribution is 2.26. The van der Waals surface area contributed by atoms with E-state index in [1.807, 2.05) is 12.1 Å². The van der Waals surface area contributed by atoms with Gasteiger partial charge in [-0.3, -0.25) is 0 Å². The quantitative estimate of drug-likeness (QED) is 0.796. The van der Waals surface area contributed by atoms with Crippen LogP contribution in [0.3, 0.4) is 0 Å². The number of rotatable bonds is 3. The number of urea groups is 1. The molecule has 0 unspecified atom stereocenters. The Morgan fingerprint density at radius 2 is 1.86 bits per heavy atom. The molecule has 2 heterocycles. The van der Waals surface area contributed by atoms with Gasteiger partial charge < -0.3 is 4.42 Å². The molecule has 0 atom stereocenters. The maximum atomic E-state index is 12.1. The summed E-state index contributed by atoms with van der Waals surface area (Å²) in [4.78, 5) is 13.2. The molecule has 8 nitrogen and oxygen atoms in total. The van der Waals surface area contributed by atoms with Crippen LogP contribution in [-0.2, 0) is 10.0 Å². The molecule has 0 spiro atoms. The third-order valence-corrected chi connectivity index (χ3v) is 4.78. The lowest BCUT2D eigenvalue weighted by Crippen LogP contribution is -2.35. The van der Waals surface area contributed by atoms with Gasteiger partial charge >= 0.3 is 12.0 Å². The molecule has 0 aliphatic carbocycles. The minimum Gasteiger partial charge on any atom is -0.403 e. The zero-order chi connectivity index (χ0) is 15.9. The maximum Gasteiger partial charge on any atom is 0.341 e. The molecule has 10 heteroatoms. The predicted molar refractivity (Wildman–Crippen MR) is 81.7 cm³/mol. The number of hydrogen-bond donors (Lipinski definition) is 0. The lowest BCUT2D eigenvalue weighted by molar-refractivity contribution is 0.238. The molecule has 1 aliphatic heterocycles. The van der Waals surface area contributed by atoms with E-state index in [-0.39, 0.29) is 25.0 Å².